The Balaban J connectivity index is 2.83. The number of cyclic esters (lactones) is 1. The highest BCUT2D eigenvalue weighted by Gasteiger charge is 2.47. The molecule has 0 amide bonds. The molecule has 1 aromatic carbocycles. The fraction of sp³-hybridized carbons (Fsp3) is 0.368. The summed E-state index contributed by atoms with van der Waals surface area (Å²) >= 11 is 0. The van der Waals surface area contributed by atoms with Gasteiger partial charge in [0.1, 0.15) is 0 Å². The Hall–Kier alpha value is -3.76. The van der Waals surface area contributed by atoms with Gasteiger partial charge in [0.15, 0.2) is 11.5 Å². The SMILES string of the molecule is CCOC(=O)/C=C(/C(=O)OCC)[C@H]1c2c(cc(O)c(O)c2O)C(=O)O[C@@H]1C(=O)OC. The van der Waals surface area contributed by atoms with Crippen molar-refractivity contribution in [3.63, 3.8) is 0 Å². The second kappa shape index (κ2) is 9.16. The smallest absolute Gasteiger partial charge is 0.348 e. The molecule has 1 aliphatic rings. The van der Waals surface area contributed by atoms with Gasteiger partial charge in [0.05, 0.1) is 37.4 Å². The number of carbonyl (C=O) groups excluding carboxylic acids is 4. The number of methoxy groups -OCH3 is 1. The zero-order valence-corrected chi connectivity index (χ0v) is 16.3. The number of ether oxygens (including phenoxy) is 4. The van der Waals surface area contributed by atoms with Gasteiger partial charge in [0, 0.05) is 11.6 Å². The Kier molecular flexibility index (Phi) is 6.88. The highest BCUT2D eigenvalue weighted by molar-refractivity contribution is 6.03. The molecule has 30 heavy (non-hydrogen) atoms. The minimum absolute atomic E-state index is 0.0258. The van der Waals surface area contributed by atoms with E-state index in [1.165, 1.54) is 13.8 Å². The number of phenols is 3. The predicted molar refractivity (Wildman–Crippen MR) is 96.7 cm³/mol. The fourth-order valence-corrected chi connectivity index (χ4v) is 2.96. The van der Waals surface area contributed by atoms with Gasteiger partial charge in [0.2, 0.25) is 11.9 Å². The van der Waals surface area contributed by atoms with Gasteiger partial charge >= 0.3 is 23.9 Å². The van der Waals surface area contributed by atoms with Gasteiger partial charge in [-0.3, -0.25) is 0 Å². The molecule has 0 bridgehead atoms. The molecule has 0 spiro atoms. The van der Waals surface area contributed by atoms with Gasteiger partial charge in [-0.1, -0.05) is 0 Å². The van der Waals surface area contributed by atoms with E-state index in [1.807, 2.05) is 0 Å². The minimum atomic E-state index is -1.81. The normalized spacial score (nSPS) is 18.1. The molecule has 0 saturated carbocycles. The Morgan fingerprint density at radius 2 is 1.73 bits per heavy atom. The van der Waals surface area contributed by atoms with E-state index in [0.29, 0.717) is 0 Å². The summed E-state index contributed by atoms with van der Waals surface area (Å²) in [4.78, 5) is 49.3. The van der Waals surface area contributed by atoms with Crippen LogP contribution in [0.5, 0.6) is 17.2 Å². The number of benzene rings is 1. The van der Waals surface area contributed by atoms with Gasteiger partial charge in [-0.05, 0) is 19.9 Å². The quantitative estimate of drug-likeness (QED) is 0.254. The Morgan fingerprint density at radius 3 is 2.30 bits per heavy atom. The first-order chi connectivity index (χ1) is 14.2. The fourth-order valence-electron chi connectivity index (χ4n) is 2.96. The molecule has 11 nitrogen and oxygen atoms in total. The van der Waals surface area contributed by atoms with Gasteiger partial charge in [0.25, 0.3) is 0 Å². The number of esters is 4. The van der Waals surface area contributed by atoms with E-state index >= 15 is 0 Å². The zero-order valence-electron chi connectivity index (χ0n) is 16.3. The molecular formula is C19H20O11. The molecule has 0 radical (unpaired) electrons. The maximum absolute atomic E-state index is 12.6. The van der Waals surface area contributed by atoms with Crippen molar-refractivity contribution in [2.24, 2.45) is 0 Å². The lowest BCUT2D eigenvalue weighted by molar-refractivity contribution is -0.153. The minimum Gasteiger partial charge on any atom is -0.504 e. The molecule has 1 aromatic rings. The molecule has 1 aliphatic heterocycles. The first-order valence-electron chi connectivity index (χ1n) is 8.79. The molecule has 0 aliphatic carbocycles. The summed E-state index contributed by atoms with van der Waals surface area (Å²) in [6.45, 7) is 2.89. The lowest BCUT2D eigenvalue weighted by Gasteiger charge is -2.32. The number of rotatable bonds is 6. The number of hydrogen-bond donors (Lipinski definition) is 3. The van der Waals surface area contributed by atoms with E-state index in [0.717, 1.165) is 19.3 Å². The number of aromatic hydroxyl groups is 3. The Labute approximate surface area is 170 Å². The predicted octanol–water partition coefficient (Wildman–Crippen LogP) is 0.652. The average molecular weight is 424 g/mol. The van der Waals surface area contributed by atoms with Crippen molar-refractivity contribution in [1.29, 1.82) is 0 Å². The van der Waals surface area contributed by atoms with E-state index in [2.05, 4.69) is 4.74 Å². The number of fused-ring (bicyclic) bond motifs is 1. The zero-order chi connectivity index (χ0) is 22.6. The van der Waals surface area contributed by atoms with Crippen molar-refractivity contribution in [2.45, 2.75) is 25.9 Å². The number of carbonyl (C=O) groups is 4. The van der Waals surface area contributed by atoms with E-state index in [9.17, 15) is 34.5 Å². The van der Waals surface area contributed by atoms with Crippen molar-refractivity contribution in [3.05, 3.63) is 28.8 Å². The summed E-state index contributed by atoms with van der Waals surface area (Å²) in [6.07, 6.45) is -1.08. The summed E-state index contributed by atoms with van der Waals surface area (Å²) in [5, 5.41) is 30.1. The number of phenolic OH excluding ortho intramolecular Hbond substituents is 3. The van der Waals surface area contributed by atoms with Crippen molar-refractivity contribution in [2.75, 3.05) is 20.3 Å². The first-order valence-corrected chi connectivity index (χ1v) is 8.79. The maximum Gasteiger partial charge on any atom is 0.348 e. The molecule has 11 heteroatoms. The molecule has 0 saturated heterocycles. The maximum atomic E-state index is 12.6. The highest BCUT2D eigenvalue weighted by atomic mass is 16.6. The van der Waals surface area contributed by atoms with Crippen LogP contribution in [-0.4, -0.2) is 65.6 Å². The average Bonchev–Trinajstić information content (AvgIpc) is 2.70. The Bertz CT molecular complexity index is 916. The van der Waals surface area contributed by atoms with Crippen LogP contribution in [0.25, 0.3) is 0 Å². The third kappa shape index (κ3) is 4.14. The van der Waals surface area contributed by atoms with Gasteiger partial charge in [-0.25, -0.2) is 19.2 Å². The summed E-state index contributed by atoms with van der Waals surface area (Å²) in [5.41, 5.74) is -1.37. The monoisotopic (exact) mass is 424 g/mol. The van der Waals surface area contributed by atoms with E-state index < -0.39 is 69.8 Å². The summed E-state index contributed by atoms with van der Waals surface area (Å²) < 4.78 is 19.4. The highest BCUT2D eigenvalue weighted by Crippen LogP contribution is 2.49. The van der Waals surface area contributed by atoms with Crippen LogP contribution in [0.15, 0.2) is 17.7 Å². The van der Waals surface area contributed by atoms with E-state index in [1.54, 1.807) is 0 Å². The lowest BCUT2D eigenvalue weighted by Crippen LogP contribution is -2.41. The second-order valence-corrected chi connectivity index (χ2v) is 5.95. The van der Waals surface area contributed by atoms with Crippen LogP contribution >= 0.6 is 0 Å². The van der Waals surface area contributed by atoms with Gasteiger partial charge in [-0.2, -0.15) is 0 Å². The second-order valence-electron chi connectivity index (χ2n) is 5.95. The van der Waals surface area contributed by atoms with E-state index in [4.69, 9.17) is 14.2 Å². The van der Waals surface area contributed by atoms with Crippen LogP contribution in [0.4, 0.5) is 0 Å². The number of hydrogen-bond acceptors (Lipinski definition) is 11. The largest absolute Gasteiger partial charge is 0.504 e. The van der Waals surface area contributed by atoms with Crippen LogP contribution in [0.3, 0.4) is 0 Å². The van der Waals surface area contributed by atoms with Crippen LogP contribution in [0, 0.1) is 0 Å². The van der Waals surface area contributed by atoms with Gasteiger partial charge in [-0.15, -0.1) is 0 Å². The molecule has 0 fully saturated rings. The summed E-state index contributed by atoms with van der Waals surface area (Å²) in [5.74, 6) is -8.72. The Morgan fingerprint density at radius 1 is 1.10 bits per heavy atom. The third-order valence-corrected chi connectivity index (χ3v) is 4.20. The molecular weight excluding hydrogens is 404 g/mol. The molecule has 2 rings (SSSR count). The molecule has 3 N–H and O–H groups in total. The molecule has 0 aromatic heterocycles. The molecule has 0 unspecified atom stereocenters. The lowest BCUT2D eigenvalue weighted by atomic mass is 9.80. The molecule has 1 heterocycles. The van der Waals surface area contributed by atoms with Crippen molar-refractivity contribution in [3.8, 4) is 17.2 Å². The first kappa shape index (κ1) is 22.5. The summed E-state index contributed by atoms with van der Waals surface area (Å²) in [7, 11) is 0.996. The third-order valence-electron chi connectivity index (χ3n) is 4.20. The van der Waals surface area contributed by atoms with Crippen LogP contribution in [0.1, 0.15) is 35.7 Å². The molecule has 162 valence electrons. The van der Waals surface area contributed by atoms with Gasteiger partial charge < -0.3 is 34.3 Å². The van der Waals surface area contributed by atoms with Crippen LogP contribution < -0.4 is 0 Å². The van der Waals surface area contributed by atoms with E-state index in [-0.39, 0.29) is 13.2 Å². The van der Waals surface area contributed by atoms with Crippen molar-refractivity contribution >= 4 is 23.9 Å². The van der Waals surface area contributed by atoms with Crippen molar-refractivity contribution in [1.82, 2.24) is 0 Å². The summed E-state index contributed by atoms with van der Waals surface area (Å²) in [6, 6.07) is 0.792. The standard InChI is InChI=1S/C19H20O11/c1-4-28-11(21)7-9(17(24)29-5-2)13-12-8(6-10(20)14(22)15(12)23)18(25)30-16(13)19(26)27-3/h6-7,13,16,20,22-23H,4-5H2,1-3H3/b9-7+/t13-,16-/m0/s1. The van der Waals surface area contributed by atoms with Crippen LogP contribution in [0.2, 0.25) is 0 Å². The van der Waals surface area contributed by atoms with Crippen molar-refractivity contribution < 1.29 is 53.4 Å². The topological polar surface area (TPSA) is 166 Å². The molecule has 2 atom stereocenters. The van der Waals surface area contributed by atoms with Crippen LogP contribution in [-0.2, 0) is 33.3 Å².